The largest absolute Gasteiger partial charge is 0.406 e. The van der Waals surface area contributed by atoms with Gasteiger partial charge < -0.3 is 4.90 Å². The quantitative estimate of drug-likeness (QED) is 0.821. The molecule has 1 rings (SSSR count). The van der Waals surface area contributed by atoms with Gasteiger partial charge in [-0.1, -0.05) is 17.7 Å². The number of alkyl halides is 3. The lowest BCUT2D eigenvalue weighted by Gasteiger charge is -2.22. The van der Waals surface area contributed by atoms with Crippen molar-refractivity contribution in [3.05, 3.63) is 34.9 Å². The van der Waals surface area contributed by atoms with E-state index in [1.807, 2.05) is 0 Å². The molecule has 0 unspecified atom stereocenters. The number of carbonyl (C=O) groups excluding carboxylic acids is 1. The highest BCUT2D eigenvalue weighted by molar-refractivity contribution is 6.30. The van der Waals surface area contributed by atoms with E-state index in [2.05, 4.69) is 0 Å². The zero-order valence-corrected chi connectivity index (χ0v) is 9.85. The summed E-state index contributed by atoms with van der Waals surface area (Å²) in [5.74, 6) is -0.674. The van der Waals surface area contributed by atoms with Crippen LogP contribution in [0.1, 0.15) is 17.3 Å². The summed E-state index contributed by atoms with van der Waals surface area (Å²) < 4.78 is 36.7. The van der Waals surface area contributed by atoms with Gasteiger partial charge in [0.2, 0.25) is 0 Å². The number of rotatable bonds is 3. The summed E-state index contributed by atoms with van der Waals surface area (Å²) in [6, 6.07) is 5.87. The van der Waals surface area contributed by atoms with E-state index in [0.29, 0.717) is 5.02 Å². The van der Waals surface area contributed by atoms with Gasteiger partial charge in [0.25, 0.3) is 5.91 Å². The van der Waals surface area contributed by atoms with Crippen molar-refractivity contribution in [2.45, 2.75) is 13.1 Å². The molecule has 0 fully saturated rings. The van der Waals surface area contributed by atoms with Gasteiger partial charge in [-0.2, -0.15) is 13.2 Å². The second-order valence-corrected chi connectivity index (χ2v) is 3.88. The molecule has 0 saturated carbocycles. The molecule has 0 aliphatic heterocycles. The molecule has 17 heavy (non-hydrogen) atoms. The molecule has 0 atom stereocenters. The summed E-state index contributed by atoms with van der Waals surface area (Å²) in [4.78, 5) is 12.5. The molecule has 0 heterocycles. The number of benzene rings is 1. The predicted molar refractivity (Wildman–Crippen MR) is 59.1 cm³/mol. The Bertz CT molecular complexity index is 406. The van der Waals surface area contributed by atoms with Crippen LogP contribution in [0.25, 0.3) is 0 Å². The van der Waals surface area contributed by atoms with E-state index in [0.717, 1.165) is 4.90 Å². The SMILES string of the molecule is CCN(CC(F)(F)F)C(=O)c1cccc(Cl)c1. The van der Waals surface area contributed by atoms with Gasteiger partial charge >= 0.3 is 6.18 Å². The number of nitrogens with zero attached hydrogens (tertiary/aromatic N) is 1. The van der Waals surface area contributed by atoms with Crippen LogP contribution in [-0.2, 0) is 0 Å². The van der Waals surface area contributed by atoms with Gasteiger partial charge in [-0.3, -0.25) is 4.79 Å². The second kappa shape index (κ2) is 5.40. The molecule has 94 valence electrons. The Labute approximate surface area is 102 Å². The highest BCUT2D eigenvalue weighted by Crippen LogP contribution is 2.19. The van der Waals surface area contributed by atoms with Gasteiger partial charge in [-0.15, -0.1) is 0 Å². The minimum absolute atomic E-state index is 0.00907. The van der Waals surface area contributed by atoms with E-state index in [4.69, 9.17) is 11.6 Å². The first-order valence-corrected chi connectivity index (χ1v) is 5.33. The number of halogens is 4. The van der Waals surface area contributed by atoms with E-state index in [9.17, 15) is 18.0 Å². The molecule has 1 aromatic rings. The fourth-order valence-corrected chi connectivity index (χ4v) is 1.54. The number of hydrogen-bond donors (Lipinski definition) is 0. The first-order chi connectivity index (χ1) is 7.83. The monoisotopic (exact) mass is 265 g/mol. The lowest BCUT2D eigenvalue weighted by atomic mass is 10.2. The first-order valence-electron chi connectivity index (χ1n) is 4.95. The van der Waals surface area contributed by atoms with Crippen molar-refractivity contribution in [1.29, 1.82) is 0 Å². The van der Waals surface area contributed by atoms with Gasteiger partial charge in [0.05, 0.1) is 0 Å². The Morgan fingerprint density at radius 1 is 1.41 bits per heavy atom. The van der Waals surface area contributed by atoms with E-state index in [-0.39, 0.29) is 12.1 Å². The standard InChI is InChI=1S/C11H11ClF3NO/c1-2-16(7-11(13,14)15)10(17)8-4-3-5-9(12)6-8/h3-6H,2,7H2,1H3. The van der Waals surface area contributed by atoms with Crippen LogP contribution in [0.5, 0.6) is 0 Å². The Morgan fingerprint density at radius 2 is 2.06 bits per heavy atom. The lowest BCUT2D eigenvalue weighted by molar-refractivity contribution is -0.140. The van der Waals surface area contributed by atoms with Gasteiger partial charge in [-0.05, 0) is 25.1 Å². The van der Waals surface area contributed by atoms with Crippen LogP contribution >= 0.6 is 11.6 Å². The summed E-state index contributed by atoms with van der Waals surface area (Å²) in [6.45, 7) is 0.230. The summed E-state index contributed by atoms with van der Waals surface area (Å²) in [5, 5.41) is 0.318. The van der Waals surface area contributed by atoms with Gasteiger partial charge in [0.1, 0.15) is 6.54 Å². The molecule has 6 heteroatoms. The number of amides is 1. The molecular weight excluding hydrogens is 255 g/mol. The molecule has 1 amide bonds. The van der Waals surface area contributed by atoms with E-state index >= 15 is 0 Å². The maximum absolute atomic E-state index is 12.2. The topological polar surface area (TPSA) is 20.3 Å². The van der Waals surface area contributed by atoms with Crippen molar-refractivity contribution in [2.24, 2.45) is 0 Å². The minimum Gasteiger partial charge on any atom is -0.330 e. The van der Waals surface area contributed by atoms with Gasteiger partial charge in [-0.25, -0.2) is 0 Å². The molecule has 0 radical (unpaired) electrons. The van der Waals surface area contributed by atoms with Crippen LogP contribution < -0.4 is 0 Å². The maximum Gasteiger partial charge on any atom is 0.406 e. The molecule has 0 aliphatic rings. The van der Waals surface area contributed by atoms with Crippen molar-refractivity contribution >= 4 is 17.5 Å². The van der Waals surface area contributed by atoms with Crippen LogP contribution in [-0.4, -0.2) is 30.1 Å². The second-order valence-electron chi connectivity index (χ2n) is 3.44. The van der Waals surface area contributed by atoms with Crippen molar-refractivity contribution in [3.8, 4) is 0 Å². The molecule has 2 nitrogen and oxygen atoms in total. The summed E-state index contributed by atoms with van der Waals surface area (Å²) in [6.07, 6.45) is -4.40. The Hall–Kier alpha value is -1.23. The first kappa shape index (κ1) is 13.8. The van der Waals surface area contributed by atoms with Crippen molar-refractivity contribution in [1.82, 2.24) is 4.90 Å². The third kappa shape index (κ3) is 4.26. The molecule has 0 aromatic heterocycles. The average molecular weight is 266 g/mol. The van der Waals surface area contributed by atoms with Gasteiger partial charge in [0, 0.05) is 17.1 Å². The average Bonchev–Trinajstić information content (AvgIpc) is 2.23. The highest BCUT2D eigenvalue weighted by atomic mass is 35.5. The predicted octanol–water partition coefficient (Wildman–Crippen LogP) is 3.36. The minimum atomic E-state index is -4.40. The Kier molecular flexibility index (Phi) is 4.40. The van der Waals surface area contributed by atoms with Crippen molar-refractivity contribution in [3.63, 3.8) is 0 Å². The van der Waals surface area contributed by atoms with Crippen LogP contribution in [0.15, 0.2) is 24.3 Å². The lowest BCUT2D eigenvalue weighted by Crippen LogP contribution is -2.38. The van der Waals surface area contributed by atoms with Gasteiger partial charge in [0.15, 0.2) is 0 Å². The number of hydrogen-bond acceptors (Lipinski definition) is 1. The van der Waals surface area contributed by atoms with E-state index < -0.39 is 18.6 Å². The summed E-state index contributed by atoms with van der Waals surface area (Å²) in [5.41, 5.74) is 0.156. The fraction of sp³-hybridized carbons (Fsp3) is 0.364. The van der Waals surface area contributed by atoms with Crippen LogP contribution in [0.4, 0.5) is 13.2 Å². The van der Waals surface area contributed by atoms with E-state index in [1.165, 1.54) is 25.1 Å². The van der Waals surface area contributed by atoms with E-state index in [1.54, 1.807) is 6.07 Å². The summed E-state index contributed by atoms with van der Waals surface area (Å²) >= 11 is 5.68. The Balaban J connectivity index is 2.87. The third-order valence-electron chi connectivity index (χ3n) is 2.11. The molecule has 0 N–H and O–H groups in total. The molecular formula is C11H11ClF3NO. The smallest absolute Gasteiger partial charge is 0.330 e. The third-order valence-corrected chi connectivity index (χ3v) is 2.35. The highest BCUT2D eigenvalue weighted by Gasteiger charge is 2.32. The summed E-state index contributed by atoms with van der Waals surface area (Å²) in [7, 11) is 0. The maximum atomic E-state index is 12.2. The zero-order valence-electron chi connectivity index (χ0n) is 9.09. The molecule has 0 aliphatic carbocycles. The van der Waals surface area contributed by atoms with Crippen LogP contribution in [0, 0.1) is 0 Å². The van der Waals surface area contributed by atoms with Crippen LogP contribution in [0.3, 0.4) is 0 Å². The van der Waals surface area contributed by atoms with Crippen molar-refractivity contribution < 1.29 is 18.0 Å². The zero-order chi connectivity index (χ0) is 13.1. The molecule has 1 aromatic carbocycles. The normalized spacial score (nSPS) is 11.4. The molecule has 0 spiro atoms. The van der Waals surface area contributed by atoms with Crippen molar-refractivity contribution in [2.75, 3.05) is 13.1 Å². The molecule has 0 bridgehead atoms. The van der Waals surface area contributed by atoms with Crippen LogP contribution in [0.2, 0.25) is 5.02 Å². The molecule has 0 saturated heterocycles. The Morgan fingerprint density at radius 3 is 2.53 bits per heavy atom. The number of carbonyl (C=O) groups is 1. The fourth-order valence-electron chi connectivity index (χ4n) is 1.35.